The van der Waals surface area contributed by atoms with Gasteiger partial charge in [-0.3, -0.25) is 0 Å². The van der Waals surface area contributed by atoms with E-state index in [0.29, 0.717) is 25.6 Å². The molecule has 1 aromatic heterocycles. The van der Waals surface area contributed by atoms with Crippen molar-refractivity contribution in [2.24, 2.45) is 5.41 Å². The largest absolute Gasteiger partial charge is 0.355 e. The summed E-state index contributed by atoms with van der Waals surface area (Å²) in [7, 11) is -3.49. The van der Waals surface area contributed by atoms with Crippen LogP contribution in [0, 0.1) is 5.41 Å². The van der Waals surface area contributed by atoms with E-state index in [2.05, 4.69) is 29.1 Å². The van der Waals surface area contributed by atoms with Crippen LogP contribution < -0.4 is 5.32 Å². The molecule has 21 heavy (non-hydrogen) atoms. The summed E-state index contributed by atoms with van der Waals surface area (Å²) in [5.41, 5.74) is 0.204. The molecule has 1 fully saturated rings. The summed E-state index contributed by atoms with van der Waals surface area (Å²) in [4.78, 5) is 8.28. The minimum absolute atomic E-state index is 0.170. The third kappa shape index (κ3) is 3.91. The minimum atomic E-state index is -3.49. The van der Waals surface area contributed by atoms with Crippen molar-refractivity contribution in [3.63, 3.8) is 0 Å². The van der Waals surface area contributed by atoms with Crippen molar-refractivity contribution in [3.05, 3.63) is 12.4 Å². The van der Waals surface area contributed by atoms with Crippen molar-refractivity contribution < 1.29 is 8.42 Å². The Hall–Kier alpha value is -1.21. The first-order valence-electron chi connectivity index (χ1n) is 7.41. The molecule has 6 nitrogen and oxygen atoms in total. The number of sulfonamides is 1. The van der Waals surface area contributed by atoms with E-state index in [1.165, 1.54) is 12.4 Å². The average molecular weight is 312 g/mol. The molecule has 0 radical (unpaired) electrons. The van der Waals surface area contributed by atoms with Crippen molar-refractivity contribution in [1.29, 1.82) is 0 Å². The molecule has 1 aromatic rings. The van der Waals surface area contributed by atoms with Crippen molar-refractivity contribution in [3.8, 4) is 0 Å². The molecular weight excluding hydrogens is 288 g/mol. The molecule has 1 saturated heterocycles. The van der Waals surface area contributed by atoms with Gasteiger partial charge in [-0.15, -0.1) is 0 Å². The summed E-state index contributed by atoms with van der Waals surface area (Å²) in [6, 6.07) is 0. The molecule has 1 aliphatic rings. The maximum atomic E-state index is 12.6. The van der Waals surface area contributed by atoms with Gasteiger partial charge >= 0.3 is 0 Å². The fourth-order valence-corrected chi connectivity index (χ4v) is 3.86. The maximum Gasteiger partial charge on any atom is 0.246 e. The van der Waals surface area contributed by atoms with Gasteiger partial charge in [0.05, 0.1) is 12.4 Å². The summed E-state index contributed by atoms with van der Waals surface area (Å²) in [6.07, 6.45) is 5.59. The second kappa shape index (κ2) is 6.27. The Bertz CT molecular complexity index is 569. The molecule has 118 valence electrons. The lowest BCUT2D eigenvalue weighted by Crippen LogP contribution is -2.32. The van der Waals surface area contributed by atoms with Crippen molar-refractivity contribution in [1.82, 2.24) is 14.3 Å². The van der Waals surface area contributed by atoms with E-state index in [9.17, 15) is 8.42 Å². The SMILES string of the molecule is CCNc1ncc(S(=O)(=O)N2CCCC(C)(C)CC2)cn1. The van der Waals surface area contributed by atoms with Gasteiger partial charge in [-0.1, -0.05) is 13.8 Å². The molecule has 2 heterocycles. The first kappa shape index (κ1) is 16.2. The number of anilines is 1. The van der Waals surface area contributed by atoms with Gasteiger partial charge < -0.3 is 5.32 Å². The molecule has 0 saturated carbocycles. The number of rotatable bonds is 4. The van der Waals surface area contributed by atoms with Gasteiger partial charge in [0, 0.05) is 19.6 Å². The third-order valence-electron chi connectivity index (χ3n) is 3.90. The molecule has 0 bridgehead atoms. The van der Waals surface area contributed by atoms with Crippen LogP contribution in [0.4, 0.5) is 5.95 Å². The maximum absolute atomic E-state index is 12.6. The van der Waals surface area contributed by atoms with Crippen LogP contribution >= 0.6 is 0 Å². The summed E-state index contributed by atoms with van der Waals surface area (Å²) in [5, 5.41) is 2.96. The molecule has 1 aliphatic heterocycles. The Kier molecular flexibility index (Phi) is 4.83. The Morgan fingerprint density at radius 3 is 2.52 bits per heavy atom. The first-order chi connectivity index (χ1) is 9.85. The standard InChI is InChI=1S/C14H24N4O2S/c1-4-15-13-16-10-12(11-17-13)21(19,20)18-8-5-6-14(2,3)7-9-18/h10-11H,4-9H2,1-3H3,(H,15,16,17). The highest BCUT2D eigenvalue weighted by Crippen LogP contribution is 2.31. The van der Waals surface area contributed by atoms with E-state index in [1.54, 1.807) is 4.31 Å². The molecule has 0 aromatic carbocycles. The van der Waals surface area contributed by atoms with Gasteiger partial charge in [0.1, 0.15) is 4.90 Å². The highest BCUT2D eigenvalue weighted by molar-refractivity contribution is 7.89. The highest BCUT2D eigenvalue weighted by Gasteiger charge is 2.30. The van der Waals surface area contributed by atoms with Crippen LogP contribution in [0.2, 0.25) is 0 Å². The predicted molar refractivity (Wildman–Crippen MR) is 82.6 cm³/mol. The van der Waals surface area contributed by atoms with Crippen LogP contribution in [0.3, 0.4) is 0 Å². The van der Waals surface area contributed by atoms with Crippen LogP contribution in [0.15, 0.2) is 17.3 Å². The molecule has 7 heteroatoms. The zero-order valence-corrected chi connectivity index (χ0v) is 13.8. The second-order valence-electron chi connectivity index (χ2n) is 6.19. The summed E-state index contributed by atoms with van der Waals surface area (Å²) >= 11 is 0. The molecule has 1 N–H and O–H groups in total. The quantitative estimate of drug-likeness (QED) is 0.921. The van der Waals surface area contributed by atoms with Gasteiger partial charge in [0.15, 0.2) is 0 Å². The van der Waals surface area contributed by atoms with Crippen LogP contribution in [0.25, 0.3) is 0 Å². The zero-order valence-electron chi connectivity index (χ0n) is 13.0. The fraction of sp³-hybridized carbons (Fsp3) is 0.714. The minimum Gasteiger partial charge on any atom is -0.355 e. The second-order valence-corrected chi connectivity index (χ2v) is 8.13. The highest BCUT2D eigenvalue weighted by atomic mass is 32.2. The molecule has 0 aliphatic carbocycles. The van der Waals surface area contributed by atoms with E-state index in [-0.39, 0.29) is 10.3 Å². The number of aromatic nitrogens is 2. The van der Waals surface area contributed by atoms with Crippen LogP contribution in [0.5, 0.6) is 0 Å². The lowest BCUT2D eigenvalue weighted by atomic mass is 9.85. The monoisotopic (exact) mass is 312 g/mol. The van der Waals surface area contributed by atoms with Crippen LogP contribution in [0.1, 0.15) is 40.0 Å². The van der Waals surface area contributed by atoms with E-state index in [0.717, 1.165) is 19.3 Å². The Morgan fingerprint density at radius 1 is 1.24 bits per heavy atom. The summed E-state index contributed by atoms with van der Waals surface area (Å²) in [6.45, 7) is 8.15. The summed E-state index contributed by atoms with van der Waals surface area (Å²) in [5.74, 6) is 0.452. The average Bonchev–Trinajstić information content (AvgIpc) is 2.61. The normalized spacial score (nSPS) is 20.0. The van der Waals surface area contributed by atoms with E-state index in [1.807, 2.05) is 6.92 Å². The number of hydrogen-bond acceptors (Lipinski definition) is 5. The Labute approximate surface area is 127 Å². The van der Waals surface area contributed by atoms with Crippen LogP contribution in [-0.4, -0.2) is 42.3 Å². The number of hydrogen-bond donors (Lipinski definition) is 1. The molecular formula is C14H24N4O2S. The van der Waals surface area contributed by atoms with Gasteiger partial charge in [0.25, 0.3) is 0 Å². The van der Waals surface area contributed by atoms with E-state index in [4.69, 9.17) is 0 Å². The fourth-order valence-electron chi connectivity index (χ4n) is 2.49. The molecule has 0 atom stereocenters. The topological polar surface area (TPSA) is 75.2 Å². The smallest absolute Gasteiger partial charge is 0.246 e. The molecule has 0 amide bonds. The van der Waals surface area contributed by atoms with Crippen molar-refractivity contribution in [2.75, 3.05) is 25.0 Å². The molecule has 0 spiro atoms. The lowest BCUT2D eigenvalue weighted by Gasteiger charge is -2.23. The number of nitrogens with zero attached hydrogens (tertiary/aromatic N) is 3. The predicted octanol–water partition coefficient (Wildman–Crippen LogP) is 2.11. The Morgan fingerprint density at radius 2 is 1.90 bits per heavy atom. The van der Waals surface area contributed by atoms with Gasteiger partial charge in [0.2, 0.25) is 16.0 Å². The van der Waals surface area contributed by atoms with Gasteiger partial charge in [-0.2, -0.15) is 4.31 Å². The van der Waals surface area contributed by atoms with Crippen LogP contribution in [-0.2, 0) is 10.0 Å². The summed E-state index contributed by atoms with van der Waals surface area (Å²) < 4.78 is 26.9. The van der Waals surface area contributed by atoms with Crippen molar-refractivity contribution in [2.45, 2.75) is 44.9 Å². The molecule has 0 unspecified atom stereocenters. The number of nitrogens with one attached hydrogen (secondary N) is 1. The molecule has 2 rings (SSSR count). The zero-order chi connectivity index (χ0) is 15.5. The van der Waals surface area contributed by atoms with E-state index < -0.39 is 10.0 Å². The first-order valence-corrected chi connectivity index (χ1v) is 8.85. The third-order valence-corrected chi connectivity index (χ3v) is 5.75. The van der Waals surface area contributed by atoms with Crippen molar-refractivity contribution >= 4 is 16.0 Å². The van der Waals surface area contributed by atoms with E-state index >= 15 is 0 Å². The Balaban J connectivity index is 2.17. The van der Waals surface area contributed by atoms with Gasteiger partial charge in [-0.05, 0) is 31.6 Å². The van der Waals surface area contributed by atoms with Gasteiger partial charge in [-0.25, -0.2) is 18.4 Å². The lowest BCUT2D eigenvalue weighted by molar-refractivity contribution is 0.315.